The van der Waals surface area contributed by atoms with Crippen LogP contribution in [-0.4, -0.2) is 24.2 Å². The van der Waals surface area contributed by atoms with Crippen LogP contribution in [-0.2, 0) is 6.54 Å². The van der Waals surface area contributed by atoms with Gasteiger partial charge in [-0.1, -0.05) is 18.2 Å². The standard InChI is InChI=1S/C21H23N3O/c22-13-15-2-1-3-16(10-15)18-11-17-4-7-24-14-20(17)21(12-18)25-19-5-8-23-9-6-19/h1-4,7,10-12,14,19,23H,5-6,8-9,13,22H2. The van der Waals surface area contributed by atoms with E-state index >= 15 is 0 Å². The van der Waals surface area contributed by atoms with Crippen molar-refractivity contribution in [3.8, 4) is 16.9 Å². The number of pyridine rings is 1. The fourth-order valence-electron chi connectivity index (χ4n) is 3.40. The number of fused-ring (bicyclic) bond motifs is 1. The molecule has 3 aromatic rings. The minimum atomic E-state index is 0.260. The average Bonchev–Trinajstić information content (AvgIpc) is 2.69. The molecular formula is C21H23N3O. The van der Waals surface area contributed by atoms with E-state index in [2.05, 4.69) is 46.7 Å². The Kier molecular flexibility index (Phi) is 4.63. The lowest BCUT2D eigenvalue weighted by Gasteiger charge is -2.25. The minimum absolute atomic E-state index is 0.260. The molecule has 3 N–H and O–H groups in total. The summed E-state index contributed by atoms with van der Waals surface area (Å²) in [4.78, 5) is 4.29. The Morgan fingerprint density at radius 3 is 2.80 bits per heavy atom. The number of rotatable bonds is 4. The number of aromatic nitrogens is 1. The Morgan fingerprint density at radius 2 is 1.96 bits per heavy atom. The minimum Gasteiger partial charge on any atom is -0.490 e. The van der Waals surface area contributed by atoms with Crippen LogP contribution in [0.2, 0.25) is 0 Å². The van der Waals surface area contributed by atoms with Gasteiger partial charge in [-0.3, -0.25) is 4.98 Å². The normalized spacial score (nSPS) is 15.4. The van der Waals surface area contributed by atoms with Crippen LogP contribution in [0.25, 0.3) is 21.9 Å². The zero-order chi connectivity index (χ0) is 17.1. The number of hydrogen-bond acceptors (Lipinski definition) is 4. The van der Waals surface area contributed by atoms with Gasteiger partial charge in [-0.2, -0.15) is 0 Å². The maximum absolute atomic E-state index is 6.38. The highest BCUT2D eigenvalue weighted by atomic mass is 16.5. The van der Waals surface area contributed by atoms with Crippen molar-refractivity contribution in [2.24, 2.45) is 5.73 Å². The van der Waals surface area contributed by atoms with Gasteiger partial charge in [0.05, 0.1) is 0 Å². The molecule has 1 fully saturated rings. The van der Waals surface area contributed by atoms with E-state index in [-0.39, 0.29) is 6.10 Å². The summed E-state index contributed by atoms with van der Waals surface area (Å²) < 4.78 is 6.38. The largest absolute Gasteiger partial charge is 0.490 e. The van der Waals surface area contributed by atoms with Crippen LogP contribution in [0.15, 0.2) is 54.9 Å². The van der Waals surface area contributed by atoms with Gasteiger partial charge in [0.25, 0.3) is 0 Å². The monoisotopic (exact) mass is 333 g/mol. The molecule has 2 heterocycles. The summed E-state index contributed by atoms with van der Waals surface area (Å²) in [5.41, 5.74) is 9.25. The molecule has 0 saturated carbocycles. The summed E-state index contributed by atoms with van der Waals surface area (Å²) in [6, 6.07) is 14.8. The van der Waals surface area contributed by atoms with Gasteiger partial charge < -0.3 is 15.8 Å². The van der Waals surface area contributed by atoms with Gasteiger partial charge in [-0.25, -0.2) is 0 Å². The molecule has 4 rings (SSSR count). The van der Waals surface area contributed by atoms with Gasteiger partial charge >= 0.3 is 0 Å². The Labute approximate surface area is 148 Å². The van der Waals surface area contributed by atoms with Crippen LogP contribution in [0.5, 0.6) is 5.75 Å². The van der Waals surface area contributed by atoms with Crippen molar-refractivity contribution in [1.82, 2.24) is 10.3 Å². The summed E-state index contributed by atoms with van der Waals surface area (Å²) in [6.07, 6.45) is 6.06. The van der Waals surface area contributed by atoms with Crippen molar-refractivity contribution in [3.05, 3.63) is 60.4 Å². The summed E-state index contributed by atoms with van der Waals surface area (Å²) in [5.74, 6) is 0.922. The number of hydrogen-bond donors (Lipinski definition) is 2. The molecule has 0 radical (unpaired) electrons. The zero-order valence-electron chi connectivity index (χ0n) is 14.2. The Bertz CT molecular complexity index is 872. The molecule has 25 heavy (non-hydrogen) atoms. The van der Waals surface area contributed by atoms with E-state index in [1.165, 1.54) is 0 Å². The SMILES string of the molecule is NCc1cccc(-c2cc(OC3CCNCC3)c3cnccc3c2)c1. The molecular weight excluding hydrogens is 310 g/mol. The lowest BCUT2D eigenvalue weighted by atomic mass is 9.99. The first-order chi connectivity index (χ1) is 12.3. The molecule has 0 aliphatic carbocycles. The van der Waals surface area contributed by atoms with Crippen LogP contribution in [0.4, 0.5) is 0 Å². The van der Waals surface area contributed by atoms with E-state index in [9.17, 15) is 0 Å². The van der Waals surface area contributed by atoms with Crippen molar-refractivity contribution in [3.63, 3.8) is 0 Å². The summed E-state index contributed by atoms with van der Waals surface area (Å²) in [5, 5.41) is 5.60. The fraction of sp³-hybridized carbons (Fsp3) is 0.286. The Balaban J connectivity index is 1.77. The average molecular weight is 333 g/mol. The second-order valence-corrected chi connectivity index (χ2v) is 6.54. The van der Waals surface area contributed by atoms with Gasteiger partial charge in [-0.15, -0.1) is 0 Å². The quantitative estimate of drug-likeness (QED) is 0.767. The van der Waals surface area contributed by atoms with Gasteiger partial charge in [0.15, 0.2) is 0 Å². The first-order valence-electron chi connectivity index (χ1n) is 8.88. The van der Waals surface area contributed by atoms with Gasteiger partial charge in [0.1, 0.15) is 11.9 Å². The van der Waals surface area contributed by atoms with Gasteiger partial charge in [-0.05, 0) is 72.3 Å². The van der Waals surface area contributed by atoms with E-state index in [0.29, 0.717) is 6.54 Å². The van der Waals surface area contributed by atoms with Crippen LogP contribution in [0.3, 0.4) is 0 Å². The topological polar surface area (TPSA) is 60.2 Å². The van der Waals surface area contributed by atoms with E-state index < -0.39 is 0 Å². The molecule has 1 saturated heterocycles. The lowest BCUT2D eigenvalue weighted by Crippen LogP contribution is -2.34. The predicted molar refractivity (Wildman–Crippen MR) is 102 cm³/mol. The molecule has 0 atom stereocenters. The molecule has 4 heteroatoms. The van der Waals surface area contributed by atoms with E-state index in [4.69, 9.17) is 10.5 Å². The summed E-state index contributed by atoms with van der Waals surface area (Å²) in [6.45, 7) is 2.57. The Hall–Kier alpha value is -2.43. The molecule has 2 aromatic carbocycles. The van der Waals surface area contributed by atoms with Crippen LogP contribution >= 0.6 is 0 Å². The van der Waals surface area contributed by atoms with Crippen molar-refractivity contribution in [2.75, 3.05) is 13.1 Å². The molecule has 0 spiro atoms. The highest BCUT2D eigenvalue weighted by molar-refractivity contribution is 5.92. The highest BCUT2D eigenvalue weighted by Crippen LogP contribution is 2.33. The molecule has 0 unspecified atom stereocenters. The van der Waals surface area contributed by atoms with E-state index in [1.54, 1.807) is 0 Å². The van der Waals surface area contributed by atoms with E-state index in [0.717, 1.165) is 59.1 Å². The molecule has 0 bridgehead atoms. The van der Waals surface area contributed by atoms with Crippen molar-refractivity contribution in [1.29, 1.82) is 0 Å². The van der Waals surface area contributed by atoms with E-state index in [1.807, 2.05) is 18.5 Å². The highest BCUT2D eigenvalue weighted by Gasteiger charge is 2.16. The molecule has 128 valence electrons. The second kappa shape index (κ2) is 7.21. The maximum atomic E-state index is 6.38. The summed E-state index contributed by atoms with van der Waals surface area (Å²) in [7, 11) is 0. The third kappa shape index (κ3) is 3.50. The summed E-state index contributed by atoms with van der Waals surface area (Å²) >= 11 is 0. The zero-order valence-corrected chi connectivity index (χ0v) is 14.2. The van der Waals surface area contributed by atoms with Crippen molar-refractivity contribution in [2.45, 2.75) is 25.5 Å². The number of nitrogens with zero attached hydrogens (tertiary/aromatic N) is 1. The molecule has 0 amide bonds. The molecule has 1 aromatic heterocycles. The number of piperidine rings is 1. The second-order valence-electron chi connectivity index (χ2n) is 6.54. The predicted octanol–water partition coefficient (Wildman–Crippen LogP) is 3.49. The number of nitrogens with one attached hydrogen (secondary N) is 1. The van der Waals surface area contributed by atoms with Gasteiger partial charge in [0, 0.05) is 24.3 Å². The third-order valence-electron chi connectivity index (χ3n) is 4.79. The number of benzene rings is 2. The van der Waals surface area contributed by atoms with Gasteiger partial charge in [0.2, 0.25) is 0 Å². The number of nitrogens with two attached hydrogens (primary N) is 1. The number of ether oxygens (including phenoxy) is 1. The van der Waals surface area contributed by atoms with Crippen LogP contribution < -0.4 is 15.8 Å². The Morgan fingerprint density at radius 1 is 1.08 bits per heavy atom. The van der Waals surface area contributed by atoms with Crippen molar-refractivity contribution >= 4 is 10.8 Å². The lowest BCUT2D eigenvalue weighted by molar-refractivity contribution is 0.164. The first-order valence-corrected chi connectivity index (χ1v) is 8.88. The fourth-order valence-corrected chi connectivity index (χ4v) is 3.40. The van der Waals surface area contributed by atoms with Crippen molar-refractivity contribution < 1.29 is 4.74 Å². The first kappa shape index (κ1) is 16.1. The smallest absolute Gasteiger partial charge is 0.129 e. The molecule has 4 nitrogen and oxygen atoms in total. The van der Waals surface area contributed by atoms with Crippen LogP contribution in [0.1, 0.15) is 18.4 Å². The molecule has 1 aliphatic rings. The third-order valence-corrected chi connectivity index (χ3v) is 4.79. The van der Waals surface area contributed by atoms with Crippen LogP contribution in [0, 0.1) is 0 Å². The maximum Gasteiger partial charge on any atom is 0.129 e. The molecule has 1 aliphatic heterocycles.